The van der Waals surface area contributed by atoms with Gasteiger partial charge in [-0.15, -0.1) is 0 Å². The summed E-state index contributed by atoms with van der Waals surface area (Å²) in [6.07, 6.45) is 0. The van der Waals surface area contributed by atoms with Gasteiger partial charge >= 0.3 is 5.97 Å². The van der Waals surface area contributed by atoms with E-state index >= 15 is 0 Å². The third-order valence-electron chi connectivity index (χ3n) is 2.71. The van der Waals surface area contributed by atoms with E-state index in [0.29, 0.717) is 10.2 Å². The van der Waals surface area contributed by atoms with E-state index in [1.807, 2.05) is 0 Å². The molecule has 1 heterocycles. The summed E-state index contributed by atoms with van der Waals surface area (Å²) in [5.74, 6) is -0.645. The highest BCUT2D eigenvalue weighted by atomic mass is 79.9. The molecule has 21 heavy (non-hydrogen) atoms. The van der Waals surface area contributed by atoms with Gasteiger partial charge in [0.25, 0.3) is 10.0 Å². The highest BCUT2D eigenvalue weighted by Crippen LogP contribution is 2.26. The summed E-state index contributed by atoms with van der Waals surface area (Å²) in [4.78, 5) is 14.5. The monoisotopic (exact) mass is 372 g/mol. The van der Waals surface area contributed by atoms with Crippen molar-refractivity contribution >= 4 is 37.6 Å². The van der Waals surface area contributed by atoms with Gasteiger partial charge in [-0.3, -0.25) is 4.72 Å². The van der Waals surface area contributed by atoms with Crippen LogP contribution in [0.25, 0.3) is 0 Å². The predicted octanol–water partition coefficient (Wildman–Crippen LogP) is 2.67. The number of aromatic amines is 1. The Hall–Kier alpha value is -1.80. The van der Waals surface area contributed by atoms with E-state index < -0.39 is 16.0 Å². The standard InChI is InChI=1S/C13H13BrN2O4S/c1-8-7-10(12(15-8)13(17)20-2)16-21(18,19)11-6-4-3-5-9(11)14/h3-7,15-16H,1-2H3. The quantitative estimate of drug-likeness (QED) is 0.807. The number of carbonyl (C=O) groups excluding carboxylic acids is 1. The lowest BCUT2D eigenvalue weighted by atomic mass is 10.4. The normalized spacial score (nSPS) is 11.2. The van der Waals surface area contributed by atoms with Gasteiger partial charge in [0.15, 0.2) is 0 Å². The maximum atomic E-state index is 12.4. The van der Waals surface area contributed by atoms with Crippen LogP contribution in [0.4, 0.5) is 5.69 Å². The molecule has 0 spiro atoms. The van der Waals surface area contributed by atoms with Gasteiger partial charge in [-0.05, 0) is 41.1 Å². The third kappa shape index (κ3) is 3.27. The molecule has 6 nitrogen and oxygen atoms in total. The van der Waals surface area contributed by atoms with Gasteiger partial charge < -0.3 is 9.72 Å². The Morgan fingerprint density at radius 3 is 2.62 bits per heavy atom. The van der Waals surface area contributed by atoms with Gasteiger partial charge in [-0.2, -0.15) is 0 Å². The van der Waals surface area contributed by atoms with Crippen LogP contribution < -0.4 is 4.72 Å². The van der Waals surface area contributed by atoms with Crippen molar-refractivity contribution < 1.29 is 17.9 Å². The molecule has 1 aromatic heterocycles. The lowest BCUT2D eigenvalue weighted by Crippen LogP contribution is -2.15. The van der Waals surface area contributed by atoms with Crippen LogP contribution >= 0.6 is 15.9 Å². The summed E-state index contributed by atoms with van der Waals surface area (Å²) in [6, 6.07) is 7.94. The first-order valence-electron chi connectivity index (χ1n) is 5.90. The lowest BCUT2D eigenvalue weighted by Gasteiger charge is -2.09. The molecule has 2 aromatic rings. The van der Waals surface area contributed by atoms with Crippen LogP contribution in [-0.2, 0) is 14.8 Å². The fraction of sp³-hybridized carbons (Fsp3) is 0.154. The van der Waals surface area contributed by atoms with Crippen LogP contribution in [0.5, 0.6) is 0 Å². The molecule has 0 aliphatic rings. The van der Waals surface area contributed by atoms with Crippen molar-refractivity contribution in [3.05, 3.63) is 46.2 Å². The Morgan fingerprint density at radius 2 is 2.00 bits per heavy atom. The Bertz CT molecular complexity index is 783. The molecule has 0 fully saturated rings. The molecule has 0 saturated carbocycles. The summed E-state index contributed by atoms with van der Waals surface area (Å²) in [7, 11) is -2.59. The first-order valence-corrected chi connectivity index (χ1v) is 8.18. The zero-order valence-corrected chi connectivity index (χ0v) is 13.7. The molecule has 8 heteroatoms. The van der Waals surface area contributed by atoms with Gasteiger partial charge in [0.2, 0.25) is 0 Å². The van der Waals surface area contributed by atoms with Crippen LogP contribution in [-0.4, -0.2) is 26.5 Å². The van der Waals surface area contributed by atoms with E-state index in [0.717, 1.165) is 0 Å². The molecule has 0 radical (unpaired) electrons. The van der Waals surface area contributed by atoms with Crippen LogP contribution in [0, 0.1) is 6.92 Å². The topological polar surface area (TPSA) is 88.3 Å². The molecular formula is C13H13BrN2O4S. The Morgan fingerprint density at radius 1 is 1.33 bits per heavy atom. The van der Waals surface area contributed by atoms with Crippen molar-refractivity contribution in [2.24, 2.45) is 0 Å². The van der Waals surface area contributed by atoms with Crippen molar-refractivity contribution in [2.75, 3.05) is 11.8 Å². The second-order valence-electron chi connectivity index (χ2n) is 4.27. The summed E-state index contributed by atoms with van der Waals surface area (Å²) >= 11 is 3.19. The summed E-state index contributed by atoms with van der Waals surface area (Å²) in [5.41, 5.74) is 0.848. The van der Waals surface area contributed by atoms with Gasteiger partial charge in [-0.25, -0.2) is 13.2 Å². The molecule has 0 saturated heterocycles. The summed E-state index contributed by atoms with van der Waals surface area (Å²) in [6.45, 7) is 1.71. The molecule has 112 valence electrons. The molecule has 2 N–H and O–H groups in total. The second-order valence-corrected chi connectivity index (χ2v) is 6.77. The van der Waals surface area contributed by atoms with Gasteiger partial charge in [0.1, 0.15) is 10.6 Å². The zero-order valence-electron chi connectivity index (χ0n) is 11.3. The first kappa shape index (κ1) is 15.6. The average Bonchev–Trinajstić information content (AvgIpc) is 2.78. The van der Waals surface area contributed by atoms with Crippen molar-refractivity contribution in [2.45, 2.75) is 11.8 Å². The molecule has 1 aromatic carbocycles. The number of halogens is 1. The number of anilines is 1. The number of aromatic nitrogens is 1. The number of methoxy groups -OCH3 is 1. The molecule has 0 amide bonds. The minimum atomic E-state index is -3.82. The molecule has 0 bridgehead atoms. The minimum absolute atomic E-state index is 0.0608. The maximum absolute atomic E-state index is 12.4. The number of benzene rings is 1. The number of H-pyrrole nitrogens is 1. The lowest BCUT2D eigenvalue weighted by molar-refractivity contribution is 0.0596. The Labute approximate surface area is 130 Å². The number of sulfonamides is 1. The number of aryl methyl sites for hydroxylation is 1. The average molecular weight is 373 g/mol. The van der Waals surface area contributed by atoms with E-state index in [2.05, 4.69) is 30.4 Å². The number of rotatable bonds is 4. The number of hydrogen-bond donors (Lipinski definition) is 2. The summed E-state index contributed by atoms with van der Waals surface area (Å²) < 4.78 is 32.2. The molecule has 0 aliphatic carbocycles. The van der Waals surface area contributed by atoms with Gasteiger partial charge in [0.05, 0.1) is 12.8 Å². The second kappa shape index (κ2) is 5.90. The van der Waals surface area contributed by atoms with E-state index in [1.165, 1.54) is 19.2 Å². The Kier molecular flexibility index (Phi) is 4.38. The minimum Gasteiger partial charge on any atom is -0.464 e. The van der Waals surface area contributed by atoms with Gasteiger partial charge in [0, 0.05) is 10.2 Å². The summed E-state index contributed by atoms with van der Waals surface area (Å²) in [5, 5.41) is 0. The SMILES string of the molecule is COC(=O)c1[nH]c(C)cc1NS(=O)(=O)c1ccccc1Br. The highest BCUT2D eigenvalue weighted by molar-refractivity contribution is 9.10. The molecule has 0 unspecified atom stereocenters. The van der Waals surface area contributed by atoms with Crippen molar-refractivity contribution in [1.29, 1.82) is 0 Å². The van der Waals surface area contributed by atoms with Crippen molar-refractivity contribution in [1.82, 2.24) is 4.98 Å². The zero-order chi connectivity index (χ0) is 15.6. The van der Waals surface area contributed by atoms with Crippen LogP contribution in [0.2, 0.25) is 0 Å². The van der Waals surface area contributed by atoms with E-state index in [-0.39, 0.29) is 16.3 Å². The fourth-order valence-electron chi connectivity index (χ4n) is 1.80. The Balaban J connectivity index is 2.43. The number of ether oxygens (including phenoxy) is 1. The third-order valence-corrected chi connectivity index (χ3v) is 5.09. The van der Waals surface area contributed by atoms with Gasteiger partial charge in [-0.1, -0.05) is 12.1 Å². The fourth-order valence-corrected chi connectivity index (χ4v) is 3.86. The van der Waals surface area contributed by atoms with Crippen LogP contribution in [0.1, 0.15) is 16.2 Å². The molecule has 0 atom stereocenters. The van der Waals surface area contributed by atoms with Crippen molar-refractivity contribution in [3.63, 3.8) is 0 Å². The van der Waals surface area contributed by atoms with Crippen molar-refractivity contribution in [3.8, 4) is 0 Å². The largest absolute Gasteiger partial charge is 0.464 e. The number of nitrogens with one attached hydrogen (secondary N) is 2. The molecule has 2 rings (SSSR count). The predicted molar refractivity (Wildman–Crippen MR) is 81.8 cm³/mol. The van der Waals surface area contributed by atoms with Crippen LogP contribution in [0.15, 0.2) is 39.7 Å². The number of carbonyl (C=O) groups is 1. The number of esters is 1. The van der Waals surface area contributed by atoms with E-state index in [9.17, 15) is 13.2 Å². The molecular weight excluding hydrogens is 360 g/mol. The maximum Gasteiger partial charge on any atom is 0.356 e. The van der Waals surface area contributed by atoms with E-state index in [1.54, 1.807) is 25.1 Å². The van der Waals surface area contributed by atoms with Crippen LogP contribution in [0.3, 0.4) is 0 Å². The molecule has 0 aliphatic heterocycles. The van der Waals surface area contributed by atoms with E-state index in [4.69, 9.17) is 0 Å². The highest BCUT2D eigenvalue weighted by Gasteiger charge is 2.22. The first-order chi connectivity index (χ1) is 9.85. The smallest absolute Gasteiger partial charge is 0.356 e. The number of hydrogen-bond acceptors (Lipinski definition) is 4.